The second kappa shape index (κ2) is 42.6. The molecule has 0 aromatic rings. The van der Waals surface area contributed by atoms with E-state index in [1.54, 1.807) is 6.08 Å². The average Bonchev–Trinajstić information content (AvgIpc) is 3.26. The molecule has 1 aliphatic heterocycles. The Kier molecular flexibility index (Phi) is 40.3. The maximum Gasteiger partial charge on any atom is 0.220 e. The number of carbonyl (C=O) groups excluding carboxylic acids is 1. The SMILES string of the molecule is CCCCCCCCCCCCCC/C=C\CCCCCCCCCC(=O)NC(COC1OC(CO)C(O)C(O)C1O)C(O)/C=C/CCCCCCCCCCCCCCC. The number of amides is 1. The molecule has 6 N–H and O–H groups in total. The molecule has 1 saturated heterocycles. The molecule has 7 unspecified atom stereocenters. The van der Waals surface area contributed by atoms with E-state index in [1.807, 2.05) is 6.08 Å². The summed E-state index contributed by atoms with van der Waals surface area (Å²) in [6, 6.07) is -0.804. The van der Waals surface area contributed by atoms with Gasteiger partial charge in [-0.3, -0.25) is 4.79 Å². The van der Waals surface area contributed by atoms with Gasteiger partial charge in [-0.05, 0) is 44.9 Å². The Bertz CT molecular complexity index is 1010. The molecule has 0 radical (unpaired) electrons. The van der Waals surface area contributed by atoms with Crippen molar-refractivity contribution >= 4 is 5.91 Å². The van der Waals surface area contributed by atoms with Crippen LogP contribution in [-0.4, -0.2) is 87.5 Å². The van der Waals surface area contributed by atoms with Gasteiger partial charge in [0.2, 0.25) is 5.91 Å². The number of allylic oxidation sites excluding steroid dienone is 3. The van der Waals surface area contributed by atoms with E-state index in [0.717, 1.165) is 38.5 Å². The van der Waals surface area contributed by atoms with Crippen LogP contribution in [0.25, 0.3) is 0 Å². The molecule has 9 nitrogen and oxygen atoms in total. The molecule has 1 amide bonds. The monoisotopic (exact) mass is 866 g/mol. The number of aliphatic hydroxyl groups is 5. The van der Waals surface area contributed by atoms with Crippen molar-refractivity contribution in [3.05, 3.63) is 24.3 Å². The lowest BCUT2D eigenvalue weighted by atomic mass is 9.99. The number of carbonyl (C=O) groups is 1. The van der Waals surface area contributed by atoms with E-state index in [-0.39, 0.29) is 12.5 Å². The fraction of sp³-hybridized carbons (Fsp3) is 0.904. The molecule has 360 valence electrons. The quantitative estimate of drug-likeness (QED) is 0.0262. The van der Waals surface area contributed by atoms with Gasteiger partial charge in [0, 0.05) is 6.42 Å². The minimum absolute atomic E-state index is 0.179. The molecule has 1 heterocycles. The molecule has 0 aromatic carbocycles. The van der Waals surface area contributed by atoms with Crippen LogP contribution < -0.4 is 5.32 Å². The number of ether oxygens (including phenoxy) is 2. The largest absolute Gasteiger partial charge is 0.394 e. The summed E-state index contributed by atoms with van der Waals surface area (Å²) in [6.07, 6.45) is 45.1. The highest BCUT2D eigenvalue weighted by atomic mass is 16.7. The van der Waals surface area contributed by atoms with Crippen molar-refractivity contribution in [3.8, 4) is 0 Å². The molecular weight excluding hydrogens is 767 g/mol. The van der Waals surface area contributed by atoms with E-state index in [0.29, 0.717) is 6.42 Å². The number of aliphatic hydroxyl groups excluding tert-OH is 5. The maximum absolute atomic E-state index is 13.0. The predicted octanol–water partition coefficient (Wildman–Crippen LogP) is 11.8. The van der Waals surface area contributed by atoms with Crippen LogP contribution >= 0.6 is 0 Å². The van der Waals surface area contributed by atoms with E-state index in [4.69, 9.17) is 9.47 Å². The lowest BCUT2D eigenvalue weighted by Crippen LogP contribution is -2.60. The van der Waals surface area contributed by atoms with Crippen LogP contribution in [0.2, 0.25) is 0 Å². The van der Waals surface area contributed by atoms with Crippen molar-refractivity contribution in [2.24, 2.45) is 0 Å². The molecule has 9 heteroatoms. The third-order valence-electron chi connectivity index (χ3n) is 12.5. The molecule has 0 bridgehead atoms. The fourth-order valence-electron chi connectivity index (χ4n) is 8.33. The van der Waals surface area contributed by atoms with Gasteiger partial charge in [0.15, 0.2) is 6.29 Å². The van der Waals surface area contributed by atoms with E-state index < -0.39 is 49.5 Å². The summed E-state index contributed by atoms with van der Waals surface area (Å²) in [6.45, 7) is 3.79. The topological polar surface area (TPSA) is 149 Å². The van der Waals surface area contributed by atoms with Crippen molar-refractivity contribution in [2.75, 3.05) is 13.2 Å². The zero-order valence-electron chi connectivity index (χ0n) is 39.7. The maximum atomic E-state index is 13.0. The predicted molar refractivity (Wildman–Crippen MR) is 253 cm³/mol. The van der Waals surface area contributed by atoms with Crippen molar-refractivity contribution in [1.82, 2.24) is 5.32 Å². The lowest BCUT2D eigenvalue weighted by Gasteiger charge is -2.40. The van der Waals surface area contributed by atoms with Gasteiger partial charge in [-0.2, -0.15) is 0 Å². The Balaban J connectivity index is 2.26. The van der Waals surface area contributed by atoms with Crippen LogP contribution in [0.1, 0.15) is 245 Å². The molecule has 1 fully saturated rings. The highest BCUT2D eigenvalue weighted by Crippen LogP contribution is 2.23. The molecule has 0 saturated carbocycles. The number of hydrogen-bond acceptors (Lipinski definition) is 8. The average molecular weight is 866 g/mol. The van der Waals surface area contributed by atoms with Gasteiger partial charge in [0.05, 0.1) is 25.4 Å². The highest BCUT2D eigenvalue weighted by Gasteiger charge is 2.44. The van der Waals surface area contributed by atoms with Crippen molar-refractivity contribution in [2.45, 2.75) is 288 Å². The fourth-order valence-corrected chi connectivity index (χ4v) is 8.33. The van der Waals surface area contributed by atoms with Crippen molar-refractivity contribution < 1.29 is 39.8 Å². The Hall–Kier alpha value is -1.33. The Morgan fingerprint density at radius 3 is 1.33 bits per heavy atom. The van der Waals surface area contributed by atoms with Gasteiger partial charge in [0.25, 0.3) is 0 Å². The molecular formula is C52H99NO8. The van der Waals surface area contributed by atoms with E-state index in [9.17, 15) is 30.3 Å². The van der Waals surface area contributed by atoms with Gasteiger partial charge in [-0.1, -0.05) is 218 Å². The third-order valence-corrected chi connectivity index (χ3v) is 12.5. The van der Waals surface area contributed by atoms with Crippen molar-refractivity contribution in [3.63, 3.8) is 0 Å². The van der Waals surface area contributed by atoms with Crippen LogP contribution in [0, 0.1) is 0 Å². The van der Waals surface area contributed by atoms with Crippen molar-refractivity contribution in [1.29, 1.82) is 0 Å². The summed E-state index contributed by atoms with van der Waals surface area (Å²) in [5.41, 5.74) is 0. The van der Waals surface area contributed by atoms with Crippen LogP contribution in [0.3, 0.4) is 0 Å². The van der Waals surface area contributed by atoms with Gasteiger partial charge in [-0.15, -0.1) is 0 Å². The van der Waals surface area contributed by atoms with Gasteiger partial charge in [-0.25, -0.2) is 0 Å². The number of rotatable bonds is 44. The molecule has 61 heavy (non-hydrogen) atoms. The Morgan fingerprint density at radius 2 is 0.918 bits per heavy atom. The molecule has 0 aromatic heterocycles. The minimum Gasteiger partial charge on any atom is -0.394 e. The Labute approximate surface area is 375 Å². The third kappa shape index (κ3) is 32.9. The number of unbranched alkanes of at least 4 members (excludes halogenated alkanes) is 32. The van der Waals surface area contributed by atoms with Crippen LogP contribution in [0.5, 0.6) is 0 Å². The molecule has 1 aliphatic rings. The summed E-state index contributed by atoms with van der Waals surface area (Å²) in [4.78, 5) is 13.0. The van der Waals surface area contributed by atoms with Crippen LogP contribution in [0.15, 0.2) is 24.3 Å². The molecule has 1 rings (SSSR count). The summed E-state index contributed by atoms with van der Waals surface area (Å²) in [5.74, 6) is -0.179. The standard InChI is InChI=1S/C52H99NO8/c1-3-5-7-9-11-13-15-17-19-20-21-22-23-24-25-26-28-30-32-34-36-38-40-42-48(56)53-45(44-60-52-51(59)50(58)49(57)47(43-54)61-52)46(55)41-39-37-35-33-31-29-27-18-16-14-12-10-8-6-4-2/h24-25,39,41,45-47,49-52,54-55,57-59H,3-23,26-38,40,42-44H2,1-2H3,(H,53,56)/b25-24-,41-39+. The van der Waals surface area contributed by atoms with E-state index in [1.165, 1.54) is 186 Å². The van der Waals surface area contributed by atoms with Gasteiger partial charge in [0.1, 0.15) is 24.4 Å². The van der Waals surface area contributed by atoms with Gasteiger partial charge >= 0.3 is 0 Å². The Morgan fingerprint density at radius 1 is 0.541 bits per heavy atom. The zero-order chi connectivity index (χ0) is 44.4. The summed E-state index contributed by atoms with van der Waals surface area (Å²) in [7, 11) is 0. The molecule has 7 atom stereocenters. The zero-order valence-corrected chi connectivity index (χ0v) is 39.7. The lowest BCUT2D eigenvalue weighted by molar-refractivity contribution is -0.302. The second-order valence-corrected chi connectivity index (χ2v) is 18.3. The molecule has 0 spiro atoms. The summed E-state index contributed by atoms with van der Waals surface area (Å²) < 4.78 is 11.2. The van der Waals surface area contributed by atoms with E-state index in [2.05, 4.69) is 31.3 Å². The number of nitrogens with one attached hydrogen (secondary N) is 1. The van der Waals surface area contributed by atoms with Gasteiger partial charge < -0.3 is 40.3 Å². The van der Waals surface area contributed by atoms with Crippen LogP contribution in [0.4, 0.5) is 0 Å². The smallest absolute Gasteiger partial charge is 0.220 e. The first-order valence-electron chi connectivity index (χ1n) is 26.1. The van der Waals surface area contributed by atoms with Crippen LogP contribution in [-0.2, 0) is 14.3 Å². The minimum atomic E-state index is -1.57. The second-order valence-electron chi connectivity index (χ2n) is 18.3. The highest BCUT2D eigenvalue weighted by molar-refractivity contribution is 5.76. The summed E-state index contributed by atoms with van der Waals surface area (Å²) in [5, 5.41) is 54.3. The first-order valence-corrected chi connectivity index (χ1v) is 26.1. The first-order chi connectivity index (χ1) is 29.8. The number of hydrogen-bond donors (Lipinski definition) is 6. The normalized spacial score (nSPS) is 20.5. The molecule has 0 aliphatic carbocycles. The summed E-state index contributed by atoms with van der Waals surface area (Å²) >= 11 is 0. The first kappa shape index (κ1) is 57.7. The van der Waals surface area contributed by atoms with E-state index >= 15 is 0 Å².